The minimum Gasteiger partial charge on any atom is -0.419 e. The Kier molecular flexibility index (Phi) is 3.94. The molecule has 0 unspecified atom stereocenters. The molecule has 1 aliphatic heterocycles. The molecule has 0 radical (unpaired) electrons. The van der Waals surface area contributed by atoms with Crippen LogP contribution in [0.3, 0.4) is 0 Å². The Bertz CT molecular complexity index is 665. The maximum absolute atomic E-state index is 11.3. The van der Waals surface area contributed by atoms with E-state index in [1.165, 1.54) is 5.56 Å². The summed E-state index contributed by atoms with van der Waals surface area (Å²) in [4.78, 5) is 13.4. The molecule has 1 aromatic heterocycles. The van der Waals surface area contributed by atoms with Crippen molar-refractivity contribution < 1.29 is 9.21 Å². The van der Waals surface area contributed by atoms with Crippen molar-refractivity contribution in [2.45, 2.75) is 26.3 Å². The quantitative estimate of drug-likeness (QED) is 0.932. The summed E-state index contributed by atoms with van der Waals surface area (Å²) in [5.41, 5.74) is 7.47. The third-order valence-electron chi connectivity index (χ3n) is 4.27. The number of hydrogen-bond donors (Lipinski definition) is 1. The topological polar surface area (TPSA) is 85.3 Å². The highest BCUT2D eigenvalue weighted by atomic mass is 16.4. The van der Waals surface area contributed by atoms with Crippen LogP contribution < -0.4 is 5.73 Å². The van der Waals surface area contributed by atoms with E-state index in [2.05, 4.69) is 15.1 Å². The summed E-state index contributed by atoms with van der Waals surface area (Å²) in [7, 11) is 0. The van der Waals surface area contributed by atoms with Gasteiger partial charge in [-0.1, -0.05) is 17.7 Å². The molecule has 2 heterocycles. The Labute approximate surface area is 129 Å². The van der Waals surface area contributed by atoms with Gasteiger partial charge in [0.15, 0.2) is 0 Å². The molecular weight excluding hydrogens is 280 g/mol. The first-order valence-electron chi connectivity index (χ1n) is 7.48. The summed E-state index contributed by atoms with van der Waals surface area (Å²) in [6, 6.07) is 7.95. The van der Waals surface area contributed by atoms with E-state index in [1.54, 1.807) is 0 Å². The van der Waals surface area contributed by atoms with Crippen LogP contribution in [0.15, 0.2) is 28.7 Å². The Balaban J connectivity index is 1.73. The molecule has 0 aliphatic carbocycles. The number of carbonyl (C=O) groups excluding carboxylic acids is 1. The van der Waals surface area contributed by atoms with Gasteiger partial charge in [0.05, 0.1) is 12.0 Å². The van der Waals surface area contributed by atoms with Crippen molar-refractivity contribution in [2.75, 3.05) is 13.1 Å². The number of primary amides is 1. The first kappa shape index (κ1) is 14.7. The van der Waals surface area contributed by atoms with Gasteiger partial charge in [0.2, 0.25) is 17.7 Å². The molecule has 1 amide bonds. The Morgan fingerprint density at radius 2 is 2.09 bits per heavy atom. The van der Waals surface area contributed by atoms with Gasteiger partial charge in [-0.05, 0) is 38.9 Å². The van der Waals surface area contributed by atoms with Crippen molar-refractivity contribution in [3.8, 4) is 11.5 Å². The lowest BCUT2D eigenvalue weighted by atomic mass is 10.1. The average molecular weight is 300 g/mol. The summed E-state index contributed by atoms with van der Waals surface area (Å²) in [6.45, 7) is 5.51. The smallest absolute Gasteiger partial charge is 0.247 e. The molecule has 2 atom stereocenters. The largest absolute Gasteiger partial charge is 0.419 e. The molecule has 1 aliphatic rings. The van der Waals surface area contributed by atoms with Crippen LogP contribution in [0.25, 0.3) is 11.5 Å². The van der Waals surface area contributed by atoms with Gasteiger partial charge >= 0.3 is 0 Å². The summed E-state index contributed by atoms with van der Waals surface area (Å²) in [5.74, 6) is 0.774. The van der Waals surface area contributed by atoms with Crippen molar-refractivity contribution in [2.24, 2.45) is 11.7 Å². The number of carbonyl (C=O) groups is 1. The van der Waals surface area contributed by atoms with Crippen LogP contribution in [0.4, 0.5) is 0 Å². The summed E-state index contributed by atoms with van der Waals surface area (Å²) in [6.07, 6.45) is 0.790. The normalized spacial score (nSPS) is 20.2. The summed E-state index contributed by atoms with van der Waals surface area (Å²) < 4.78 is 5.80. The van der Waals surface area contributed by atoms with Crippen LogP contribution >= 0.6 is 0 Å². The number of hydrogen-bond acceptors (Lipinski definition) is 5. The molecule has 3 rings (SSSR count). The van der Waals surface area contributed by atoms with Crippen molar-refractivity contribution in [1.29, 1.82) is 0 Å². The number of nitrogens with two attached hydrogens (primary N) is 1. The monoisotopic (exact) mass is 300 g/mol. The van der Waals surface area contributed by atoms with E-state index in [-0.39, 0.29) is 17.9 Å². The maximum Gasteiger partial charge on any atom is 0.247 e. The predicted molar refractivity (Wildman–Crippen MR) is 81.8 cm³/mol. The molecular formula is C16H20N4O2. The van der Waals surface area contributed by atoms with Gasteiger partial charge in [-0.2, -0.15) is 0 Å². The highest BCUT2D eigenvalue weighted by Gasteiger charge is 2.32. The molecule has 22 heavy (non-hydrogen) atoms. The molecule has 1 fully saturated rings. The first-order chi connectivity index (χ1) is 10.5. The molecule has 116 valence electrons. The van der Waals surface area contributed by atoms with Gasteiger partial charge in [0, 0.05) is 12.1 Å². The number of likely N-dealkylation sites (tertiary alicyclic amines) is 1. The zero-order chi connectivity index (χ0) is 15.7. The van der Waals surface area contributed by atoms with Crippen molar-refractivity contribution in [3.63, 3.8) is 0 Å². The molecule has 6 heteroatoms. The molecule has 1 saturated heterocycles. The molecule has 0 spiro atoms. The van der Waals surface area contributed by atoms with Crippen molar-refractivity contribution in [3.05, 3.63) is 35.7 Å². The van der Waals surface area contributed by atoms with Gasteiger partial charge in [0.1, 0.15) is 0 Å². The molecule has 2 aromatic rings. The van der Waals surface area contributed by atoms with E-state index < -0.39 is 0 Å². The lowest BCUT2D eigenvalue weighted by Gasteiger charge is -2.20. The second-order valence-electron chi connectivity index (χ2n) is 5.87. The second kappa shape index (κ2) is 5.88. The van der Waals surface area contributed by atoms with E-state index >= 15 is 0 Å². The number of aromatic nitrogens is 2. The van der Waals surface area contributed by atoms with Crippen LogP contribution in [0.1, 0.15) is 30.8 Å². The highest BCUT2D eigenvalue weighted by molar-refractivity contribution is 5.77. The van der Waals surface area contributed by atoms with E-state index in [0.717, 1.165) is 18.5 Å². The number of nitrogens with zero attached hydrogens (tertiary/aromatic N) is 3. The highest BCUT2D eigenvalue weighted by Crippen LogP contribution is 2.28. The third-order valence-corrected chi connectivity index (χ3v) is 4.27. The van der Waals surface area contributed by atoms with Gasteiger partial charge in [-0.15, -0.1) is 10.2 Å². The first-order valence-corrected chi connectivity index (χ1v) is 7.48. The summed E-state index contributed by atoms with van der Waals surface area (Å²) >= 11 is 0. The second-order valence-corrected chi connectivity index (χ2v) is 5.87. The van der Waals surface area contributed by atoms with Crippen LogP contribution in [0.2, 0.25) is 0 Å². The number of benzene rings is 1. The van der Waals surface area contributed by atoms with Gasteiger partial charge < -0.3 is 10.2 Å². The average Bonchev–Trinajstić information content (AvgIpc) is 3.17. The Morgan fingerprint density at radius 1 is 1.36 bits per heavy atom. The molecule has 2 N–H and O–H groups in total. The standard InChI is InChI=1S/C16H20N4O2/c1-10-3-5-12(6-4-10)16-19-18-15(22-16)11(2)20-8-7-13(9-20)14(17)21/h3-6,11,13H,7-9H2,1-2H3,(H2,17,21)/t11-,13+/m0/s1. The van der Waals surface area contributed by atoms with Crippen molar-refractivity contribution in [1.82, 2.24) is 15.1 Å². The van der Waals surface area contributed by atoms with E-state index in [9.17, 15) is 4.79 Å². The molecule has 6 nitrogen and oxygen atoms in total. The summed E-state index contributed by atoms with van der Waals surface area (Å²) in [5, 5.41) is 8.28. The molecule has 0 bridgehead atoms. The lowest BCUT2D eigenvalue weighted by Crippen LogP contribution is -2.29. The lowest BCUT2D eigenvalue weighted by molar-refractivity contribution is -0.121. The van der Waals surface area contributed by atoms with Crippen molar-refractivity contribution >= 4 is 5.91 Å². The molecule has 1 aromatic carbocycles. The van der Waals surface area contributed by atoms with E-state index in [4.69, 9.17) is 10.2 Å². The van der Waals surface area contributed by atoms with Crippen LogP contribution in [0, 0.1) is 12.8 Å². The molecule has 0 saturated carbocycles. The number of amides is 1. The minimum atomic E-state index is -0.236. The maximum atomic E-state index is 11.3. The fourth-order valence-electron chi connectivity index (χ4n) is 2.74. The van der Waals surface area contributed by atoms with E-state index in [1.807, 2.05) is 38.1 Å². The third kappa shape index (κ3) is 2.87. The zero-order valence-electron chi connectivity index (χ0n) is 12.8. The van der Waals surface area contributed by atoms with Crippen LogP contribution in [-0.2, 0) is 4.79 Å². The zero-order valence-corrected chi connectivity index (χ0v) is 12.8. The van der Waals surface area contributed by atoms with Crippen LogP contribution in [0.5, 0.6) is 0 Å². The fourth-order valence-corrected chi connectivity index (χ4v) is 2.74. The fraction of sp³-hybridized carbons (Fsp3) is 0.438. The van der Waals surface area contributed by atoms with E-state index in [0.29, 0.717) is 18.3 Å². The van der Waals surface area contributed by atoms with Crippen LogP contribution in [-0.4, -0.2) is 34.1 Å². The SMILES string of the molecule is Cc1ccc(-c2nnc([C@H](C)N3CC[C@@H](C(N)=O)C3)o2)cc1. The Hall–Kier alpha value is -2.21. The minimum absolute atomic E-state index is 0.0175. The van der Waals surface area contributed by atoms with Gasteiger partial charge in [-0.3, -0.25) is 9.69 Å². The van der Waals surface area contributed by atoms with Gasteiger partial charge in [0.25, 0.3) is 0 Å². The number of rotatable bonds is 4. The Morgan fingerprint density at radius 3 is 2.73 bits per heavy atom. The predicted octanol–water partition coefficient (Wildman–Crippen LogP) is 1.91. The van der Waals surface area contributed by atoms with Gasteiger partial charge in [-0.25, -0.2) is 0 Å². The number of aryl methyl sites for hydroxylation is 1.